The molecule has 1 unspecified atom stereocenters. The number of fused-ring (bicyclic) bond motifs is 1. The number of rotatable bonds is 3. The van der Waals surface area contributed by atoms with E-state index >= 15 is 0 Å². The molecular formula is C13H16N2O2S. The minimum absolute atomic E-state index is 0.557. The van der Waals surface area contributed by atoms with Gasteiger partial charge in [-0.1, -0.05) is 0 Å². The Morgan fingerprint density at radius 3 is 3.17 bits per heavy atom. The lowest BCUT2D eigenvalue weighted by Gasteiger charge is -2.10. The molecule has 0 bridgehead atoms. The van der Waals surface area contributed by atoms with Crippen molar-refractivity contribution < 1.29 is 9.47 Å². The van der Waals surface area contributed by atoms with E-state index in [1.54, 1.807) is 7.11 Å². The summed E-state index contributed by atoms with van der Waals surface area (Å²) in [6, 6.07) is 5.97. The van der Waals surface area contributed by atoms with Crippen molar-refractivity contribution in [3.05, 3.63) is 23.0 Å². The smallest absolute Gasteiger partial charge is 0.178 e. The summed E-state index contributed by atoms with van der Waals surface area (Å²) in [7, 11) is 1.68. The lowest BCUT2D eigenvalue weighted by Crippen LogP contribution is -2.10. The zero-order valence-electron chi connectivity index (χ0n) is 10.3. The Morgan fingerprint density at radius 1 is 1.56 bits per heavy atom. The zero-order valence-corrected chi connectivity index (χ0v) is 11.1. The number of benzene rings is 1. The predicted molar refractivity (Wildman–Crippen MR) is 72.6 cm³/mol. The molecule has 5 heteroatoms. The van der Waals surface area contributed by atoms with Gasteiger partial charge in [0.05, 0.1) is 24.8 Å². The number of aromatic nitrogens is 2. The highest BCUT2D eigenvalue weighted by Gasteiger charge is 2.17. The van der Waals surface area contributed by atoms with E-state index in [1.807, 2.05) is 18.2 Å². The molecule has 0 aliphatic carbocycles. The summed E-state index contributed by atoms with van der Waals surface area (Å²) in [6.45, 7) is 2.61. The molecule has 0 saturated carbocycles. The van der Waals surface area contributed by atoms with Crippen LogP contribution < -0.4 is 4.74 Å². The van der Waals surface area contributed by atoms with Gasteiger partial charge in [0.2, 0.25) is 0 Å². The van der Waals surface area contributed by atoms with E-state index in [0.717, 1.165) is 47.7 Å². The van der Waals surface area contributed by atoms with E-state index in [-0.39, 0.29) is 0 Å². The summed E-state index contributed by atoms with van der Waals surface area (Å²) < 4.78 is 13.6. The van der Waals surface area contributed by atoms with Gasteiger partial charge in [-0.3, -0.25) is 0 Å². The van der Waals surface area contributed by atoms with E-state index in [2.05, 4.69) is 9.55 Å². The molecule has 2 aromatic rings. The first kappa shape index (κ1) is 11.7. The molecule has 0 radical (unpaired) electrons. The van der Waals surface area contributed by atoms with E-state index in [1.165, 1.54) is 0 Å². The molecule has 1 aliphatic heterocycles. The van der Waals surface area contributed by atoms with Crippen molar-refractivity contribution in [2.75, 3.05) is 20.3 Å². The molecule has 1 aliphatic rings. The quantitative estimate of drug-likeness (QED) is 0.866. The standard InChI is InChI=1S/C13H16N2O2S/c1-16-10-2-3-11-12(6-10)15(13(18)14-11)7-9-4-5-17-8-9/h2-3,6,9H,4-5,7-8H2,1H3,(H,14,18). The maximum atomic E-state index is 5.42. The van der Waals surface area contributed by atoms with E-state index in [4.69, 9.17) is 21.7 Å². The van der Waals surface area contributed by atoms with Crippen LogP contribution in [0, 0.1) is 10.7 Å². The first-order valence-electron chi connectivity index (χ1n) is 6.12. The number of aromatic amines is 1. The number of imidazole rings is 1. The summed E-state index contributed by atoms with van der Waals surface area (Å²) in [6.07, 6.45) is 1.11. The van der Waals surface area contributed by atoms with Gasteiger partial charge in [-0.25, -0.2) is 0 Å². The fourth-order valence-electron chi connectivity index (χ4n) is 2.43. The minimum atomic E-state index is 0.557. The summed E-state index contributed by atoms with van der Waals surface area (Å²) in [4.78, 5) is 3.23. The van der Waals surface area contributed by atoms with Crippen molar-refractivity contribution in [1.82, 2.24) is 9.55 Å². The van der Waals surface area contributed by atoms with Gasteiger partial charge in [0.25, 0.3) is 0 Å². The molecule has 4 nitrogen and oxygen atoms in total. The average Bonchev–Trinajstić information content (AvgIpc) is 2.99. The van der Waals surface area contributed by atoms with Crippen molar-refractivity contribution in [3.8, 4) is 5.75 Å². The number of ether oxygens (including phenoxy) is 2. The Bertz CT molecular complexity index is 611. The van der Waals surface area contributed by atoms with Gasteiger partial charge in [0, 0.05) is 25.1 Å². The van der Waals surface area contributed by atoms with Crippen LogP contribution in [0.5, 0.6) is 5.75 Å². The van der Waals surface area contributed by atoms with E-state index in [9.17, 15) is 0 Å². The van der Waals surface area contributed by atoms with Crippen LogP contribution in [-0.2, 0) is 11.3 Å². The third-order valence-corrected chi connectivity index (χ3v) is 3.77. The third kappa shape index (κ3) is 2.04. The van der Waals surface area contributed by atoms with Crippen LogP contribution in [0.4, 0.5) is 0 Å². The largest absolute Gasteiger partial charge is 0.497 e. The van der Waals surface area contributed by atoms with E-state index < -0.39 is 0 Å². The van der Waals surface area contributed by atoms with Gasteiger partial charge in [0.1, 0.15) is 5.75 Å². The van der Waals surface area contributed by atoms with Crippen molar-refractivity contribution in [2.24, 2.45) is 5.92 Å². The number of methoxy groups -OCH3 is 1. The van der Waals surface area contributed by atoms with Gasteiger partial charge >= 0.3 is 0 Å². The highest BCUT2D eigenvalue weighted by Crippen LogP contribution is 2.23. The SMILES string of the molecule is COc1ccc2[nH]c(=S)n(CC3CCOC3)c2c1. The molecule has 1 fully saturated rings. The molecular weight excluding hydrogens is 248 g/mol. The van der Waals surface area contributed by atoms with Crippen molar-refractivity contribution >= 4 is 23.3 Å². The molecule has 96 valence electrons. The lowest BCUT2D eigenvalue weighted by molar-refractivity contribution is 0.182. The number of nitrogens with zero attached hydrogens (tertiary/aromatic N) is 1. The van der Waals surface area contributed by atoms with Crippen LogP contribution in [0.25, 0.3) is 11.0 Å². The molecule has 1 saturated heterocycles. The van der Waals surface area contributed by atoms with Crippen LogP contribution in [0.15, 0.2) is 18.2 Å². The Morgan fingerprint density at radius 2 is 2.44 bits per heavy atom. The molecule has 3 rings (SSSR count). The second kappa shape index (κ2) is 4.74. The highest BCUT2D eigenvalue weighted by molar-refractivity contribution is 7.71. The molecule has 18 heavy (non-hydrogen) atoms. The van der Waals surface area contributed by atoms with Gasteiger partial charge in [-0.05, 0) is 30.8 Å². The summed E-state index contributed by atoms with van der Waals surface area (Å²) in [5.41, 5.74) is 2.16. The van der Waals surface area contributed by atoms with Crippen molar-refractivity contribution in [1.29, 1.82) is 0 Å². The van der Waals surface area contributed by atoms with Crippen LogP contribution >= 0.6 is 12.2 Å². The number of hydrogen-bond acceptors (Lipinski definition) is 3. The van der Waals surface area contributed by atoms with Gasteiger partial charge in [-0.15, -0.1) is 0 Å². The predicted octanol–water partition coefficient (Wildman–Crippen LogP) is 2.74. The second-order valence-corrected chi connectivity index (χ2v) is 5.04. The van der Waals surface area contributed by atoms with Crippen molar-refractivity contribution in [3.63, 3.8) is 0 Å². The number of hydrogen-bond donors (Lipinski definition) is 1. The maximum Gasteiger partial charge on any atom is 0.178 e. The Kier molecular flexibility index (Phi) is 3.09. The normalized spacial score (nSPS) is 19.5. The molecule has 1 aromatic heterocycles. The summed E-state index contributed by atoms with van der Waals surface area (Å²) in [5, 5.41) is 0. The number of H-pyrrole nitrogens is 1. The molecule has 1 aromatic carbocycles. The summed E-state index contributed by atoms with van der Waals surface area (Å²) in [5.74, 6) is 1.41. The zero-order chi connectivity index (χ0) is 12.5. The molecule has 0 spiro atoms. The first-order chi connectivity index (χ1) is 8.78. The van der Waals surface area contributed by atoms with Gasteiger partial charge < -0.3 is 19.0 Å². The first-order valence-corrected chi connectivity index (χ1v) is 6.53. The van der Waals surface area contributed by atoms with Gasteiger partial charge in [-0.2, -0.15) is 0 Å². The van der Waals surface area contributed by atoms with E-state index in [0.29, 0.717) is 5.92 Å². The monoisotopic (exact) mass is 264 g/mol. The molecule has 1 N–H and O–H groups in total. The molecule has 0 amide bonds. The van der Waals surface area contributed by atoms with Crippen molar-refractivity contribution in [2.45, 2.75) is 13.0 Å². The Hall–Kier alpha value is -1.33. The Labute approximate surface area is 111 Å². The molecule has 2 heterocycles. The van der Waals surface area contributed by atoms with Crippen LogP contribution in [-0.4, -0.2) is 29.9 Å². The van der Waals surface area contributed by atoms with Gasteiger partial charge in [0.15, 0.2) is 4.77 Å². The van der Waals surface area contributed by atoms with Crippen LogP contribution in [0.3, 0.4) is 0 Å². The van der Waals surface area contributed by atoms with Crippen LogP contribution in [0.1, 0.15) is 6.42 Å². The topological polar surface area (TPSA) is 39.2 Å². The molecule has 1 atom stereocenters. The fraction of sp³-hybridized carbons (Fsp3) is 0.462. The minimum Gasteiger partial charge on any atom is -0.497 e. The summed E-state index contributed by atoms with van der Waals surface area (Å²) >= 11 is 5.39. The lowest BCUT2D eigenvalue weighted by atomic mass is 10.1. The maximum absolute atomic E-state index is 5.42. The average molecular weight is 264 g/mol. The Balaban J connectivity index is 2.02. The third-order valence-electron chi connectivity index (χ3n) is 3.45. The second-order valence-electron chi connectivity index (χ2n) is 4.65. The van der Waals surface area contributed by atoms with Crippen LogP contribution in [0.2, 0.25) is 0 Å². The fourth-order valence-corrected chi connectivity index (χ4v) is 2.71. The highest BCUT2D eigenvalue weighted by atomic mass is 32.1. The number of nitrogens with one attached hydrogen (secondary N) is 1.